The number of carbonyl (C=O) groups is 1. The van der Waals surface area contributed by atoms with Gasteiger partial charge in [0.1, 0.15) is 11.4 Å². The number of nitrogens with one attached hydrogen (secondary N) is 2. The molecule has 1 aromatic rings. The second kappa shape index (κ2) is 6.04. The van der Waals surface area contributed by atoms with Gasteiger partial charge < -0.3 is 10.3 Å². The van der Waals surface area contributed by atoms with Crippen molar-refractivity contribution < 1.29 is 4.79 Å². The Labute approximate surface area is 110 Å². The number of aromatic amines is 1. The third kappa shape index (κ3) is 3.35. The highest BCUT2D eigenvalue weighted by Gasteiger charge is 2.26. The summed E-state index contributed by atoms with van der Waals surface area (Å²) in [5.74, 6) is 1.75. The van der Waals surface area contributed by atoms with Crippen molar-refractivity contribution in [2.45, 2.75) is 25.2 Å². The topological polar surface area (TPSA) is 74.8 Å². The van der Waals surface area contributed by atoms with Crippen molar-refractivity contribution in [1.29, 1.82) is 0 Å². The van der Waals surface area contributed by atoms with E-state index in [9.17, 15) is 9.59 Å². The van der Waals surface area contributed by atoms with Gasteiger partial charge in [0.05, 0.1) is 0 Å². The molecular weight excluding hydrogens is 250 g/mol. The van der Waals surface area contributed by atoms with E-state index in [1.165, 1.54) is 6.20 Å². The third-order valence-electron chi connectivity index (χ3n) is 2.84. The summed E-state index contributed by atoms with van der Waals surface area (Å²) in [6.45, 7) is 0.587. The molecule has 1 amide bonds. The van der Waals surface area contributed by atoms with Crippen LogP contribution in [0.5, 0.6) is 0 Å². The van der Waals surface area contributed by atoms with Crippen LogP contribution in [0.3, 0.4) is 0 Å². The van der Waals surface area contributed by atoms with Crippen molar-refractivity contribution in [2.75, 3.05) is 18.6 Å². The molecule has 5 nitrogen and oxygen atoms in total. The second-order valence-electron chi connectivity index (χ2n) is 4.39. The molecule has 0 radical (unpaired) electrons. The van der Waals surface area contributed by atoms with E-state index in [-0.39, 0.29) is 17.0 Å². The molecule has 0 bridgehead atoms. The van der Waals surface area contributed by atoms with Crippen LogP contribution in [0.4, 0.5) is 0 Å². The van der Waals surface area contributed by atoms with Gasteiger partial charge in [0.2, 0.25) is 0 Å². The van der Waals surface area contributed by atoms with E-state index in [1.54, 1.807) is 11.8 Å². The first-order valence-corrected chi connectivity index (χ1v) is 7.48. The molecule has 0 aromatic carbocycles. The molecule has 0 atom stereocenters. The van der Waals surface area contributed by atoms with Gasteiger partial charge in [-0.15, -0.1) is 0 Å². The standard InChI is InChI=1S/C12H17N3O2S/c1-18-6-2-5-13-11(16)9-7-14-10(8-3-4-8)15-12(9)17/h7-8H,2-6H2,1H3,(H,13,16)(H,14,15,17). The lowest BCUT2D eigenvalue weighted by Gasteiger charge is -2.04. The average Bonchev–Trinajstić information content (AvgIpc) is 3.18. The van der Waals surface area contributed by atoms with Crippen LogP contribution in [0.2, 0.25) is 0 Å². The summed E-state index contributed by atoms with van der Waals surface area (Å²) in [6.07, 6.45) is 6.45. The van der Waals surface area contributed by atoms with Gasteiger partial charge in [0, 0.05) is 18.7 Å². The molecule has 18 heavy (non-hydrogen) atoms. The zero-order chi connectivity index (χ0) is 13.0. The Morgan fingerprint density at radius 3 is 3.00 bits per heavy atom. The van der Waals surface area contributed by atoms with Crippen molar-refractivity contribution in [3.05, 3.63) is 27.9 Å². The van der Waals surface area contributed by atoms with E-state index >= 15 is 0 Å². The number of thioether (sulfide) groups is 1. The lowest BCUT2D eigenvalue weighted by molar-refractivity contribution is 0.0952. The Morgan fingerprint density at radius 1 is 1.61 bits per heavy atom. The summed E-state index contributed by atoms with van der Waals surface area (Å²) in [6, 6.07) is 0. The lowest BCUT2D eigenvalue weighted by atomic mass is 10.3. The number of aromatic nitrogens is 2. The maximum Gasteiger partial charge on any atom is 0.263 e. The first kappa shape index (κ1) is 13.1. The van der Waals surface area contributed by atoms with Crippen LogP contribution in [0.1, 0.15) is 41.4 Å². The summed E-state index contributed by atoms with van der Waals surface area (Å²) in [5, 5.41) is 2.73. The molecule has 1 fully saturated rings. The number of H-pyrrole nitrogens is 1. The van der Waals surface area contributed by atoms with Crippen LogP contribution in [-0.2, 0) is 0 Å². The van der Waals surface area contributed by atoms with Gasteiger partial charge in [-0.3, -0.25) is 9.59 Å². The van der Waals surface area contributed by atoms with E-state index in [2.05, 4.69) is 15.3 Å². The molecule has 1 aromatic heterocycles. The van der Waals surface area contributed by atoms with Crippen LogP contribution < -0.4 is 10.9 Å². The highest BCUT2D eigenvalue weighted by atomic mass is 32.2. The molecule has 1 aliphatic rings. The maximum atomic E-state index is 11.7. The Balaban J connectivity index is 1.95. The van der Waals surface area contributed by atoms with Crippen molar-refractivity contribution in [1.82, 2.24) is 15.3 Å². The minimum absolute atomic E-state index is 0.101. The Morgan fingerprint density at radius 2 is 2.39 bits per heavy atom. The summed E-state index contributed by atoms with van der Waals surface area (Å²) in [7, 11) is 0. The van der Waals surface area contributed by atoms with Gasteiger partial charge in [-0.05, 0) is 31.3 Å². The summed E-state index contributed by atoms with van der Waals surface area (Å²) in [4.78, 5) is 30.3. The Hall–Kier alpha value is -1.30. The average molecular weight is 267 g/mol. The monoisotopic (exact) mass is 267 g/mol. The molecule has 1 saturated carbocycles. The fourth-order valence-corrected chi connectivity index (χ4v) is 2.08. The van der Waals surface area contributed by atoms with Gasteiger partial charge in [-0.2, -0.15) is 11.8 Å². The van der Waals surface area contributed by atoms with E-state index in [0.717, 1.165) is 25.0 Å². The van der Waals surface area contributed by atoms with Crippen molar-refractivity contribution in [3.63, 3.8) is 0 Å². The molecule has 1 heterocycles. The second-order valence-corrected chi connectivity index (χ2v) is 5.37. The van der Waals surface area contributed by atoms with Crippen molar-refractivity contribution in [2.24, 2.45) is 0 Å². The maximum absolute atomic E-state index is 11.7. The van der Waals surface area contributed by atoms with Crippen molar-refractivity contribution in [3.8, 4) is 0 Å². The highest BCUT2D eigenvalue weighted by molar-refractivity contribution is 7.98. The molecule has 98 valence electrons. The predicted octanol–water partition coefficient (Wildman–Crippen LogP) is 1.13. The van der Waals surface area contributed by atoms with Crippen LogP contribution >= 0.6 is 11.8 Å². The first-order chi connectivity index (χ1) is 8.72. The minimum Gasteiger partial charge on any atom is -0.352 e. The molecule has 6 heteroatoms. The summed E-state index contributed by atoms with van der Waals surface area (Å²) in [5.41, 5.74) is -0.238. The van der Waals surface area contributed by atoms with Crippen LogP contribution in [0, 0.1) is 0 Å². The number of amides is 1. The molecule has 1 aliphatic carbocycles. The molecule has 0 spiro atoms. The molecule has 0 saturated heterocycles. The highest BCUT2D eigenvalue weighted by Crippen LogP contribution is 2.37. The zero-order valence-corrected chi connectivity index (χ0v) is 11.2. The van der Waals surface area contributed by atoms with Crippen LogP contribution in [0.25, 0.3) is 0 Å². The Kier molecular flexibility index (Phi) is 4.41. The Bertz CT molecular complexity index is 482. The van der Waals surface area contributed by atoms with E-state index in [1.807, 2.05) is 6.26 Å². The number of rotatable bonds is 6. The number of hydrogen-bond acceptors (Lipinski definition) is 4. The third-order valence-corrected chi connectivity index (χ3v) is 3.54. The quantitative estimate of drug-likeness (QED) is 0.758. The SMILES string of the molecule is CSCCCNC(=O)c1cnc(C2CC2)[nH]c1=O. The van der Waals surface area contributed by atoms with Crippen molar-refractivity contribution >= 4 is 17.7 Å². The smallest absolute Gasteiger partial charge is 0.263 e. The normalized spacial score (nSPS) is 14.5. The lowest BCUT2D eigenvalue weighted by Crippen LogP contribution is -2.31. The van der Waals surface area contributed by atoms with Gasteiger partial charge in [-0.1, -0.05) is 0 Å². The van der Waals surface area contributed by atoms with E-state index in [4.69, 9.17) is 0 Å². The molecule has 0 unspecified atom stereocenters. The van der Waals surface area contributed by atoms with Gasteiger partial charge in [0.15, 0.2) is 0 Å². The zero-order valence-electron chi connectivity index (χ0n) is 10.4. The van der Waals surface area contributed by atoms with E-state index in [0.29, 0.717) is 18.3 Å². The van der Waals surface area contributed by atoms with Crippen LogP contribution in [-0.4, -0.2) is 34.4 Å². The van der Waals surface area contributed by atoms with Gasteiger partial charge in [0.25, 0.3) is 11.5 Å². The minimum atomic E-state index is -0.341. The predicted molar refractivity (Wildman–Crippen MR) is 72.2 cm³/mol. The molecule has 0 aliphatic heterocycles. The number of nitrogens with zero attached hydrogens (tertiary/aromatic N) is 1. The summed E-state index contributed by atoms with van der Waals surface area (Å²) >= 11 is 1.73. The molecule has 2 N–H and O–H groups in total. The van der Waals surface area contributed by atoms with Gasteiger partial charge in [-0.25, -0.2) is 4.98 Å². The fraction of sp³-hybridized carbons (Fsp3) is 0.583. The number of carbonyl (C=O) groups excluding carboxylic acids is 1. The van der Waals surface area contributed by atoms with Gasteiger partial charge >= 0.3 is 0 Å². The molecular formula is C12H17N3O2S. The first-order valence-electron chi connectivity index (χ1n) is 6.08. The largest absolute Gasteiger partial charge is 0.352 e. The van der Waals surface area contributed by atoms with Crippen LogP contribution in [0.15, 0.2) is 11.0 Å². The molecule has 2 rings (SSSR count). The van der Waals surface area contributed by atoms with E-state index < -0.39 is 0 Å². The number of hydrogen-bond donors (Lipinski definition) is 2. The summed E-state index contributed by atoms with van der Waals surface area (Å²) < 4.78 is 0. The fourth-order valence-electron chi connectivity index (χ4n) is 1.65.